The largest absolute Gasteiger partial charge is 0.388 e. The van der Waals surface area contributed by atoms with Gasteiger partial charge in [0.25, 0.3) is 0 Å². The number of aromatic nitrogens is 3. The van der Waals surface area contributed by atoms with Crippen molar-refractivity contribution in [2.24, 2.45) is 7.05 Å². The first-order valence-corrected chi connectivity index (χ1v) is 6.02. The molecule has 1 N–H and O–H groups in total. The molecule has 0 aliphatic heterocycles. The molecule has 0 spiro atoms. The number of aryl methyl sites for hydroxylation is 1. The molecule has 1 heterocycles. The van der Waals surface area contributed by atoms with Gasteiger partial charge in [-0.05, 0) is 34.2 Å². The summed E-state index contributed by atoms with van der Waals surface area (Å²) in [6, 6.07) is 7.80. The van der Waals surface area contributed by atoms with Crippen molar-refractivity contribution in [2.75, 3.05) is 0 Å². The third kappa shape index (κ3) is 2.59. The number of benzene rings is 1. The van der Waals surface area contributed by atoms with Gasteiger partial charge in [-0.2, -0.15) is 0 Å². The SMILES string of the molecule is Cn1cc(CC(O)c2ccccc2I)nn1. The Morgan fingerprint density at radius 2 is 2.19 bits per heavy atom. The summed E-state index contributed by atoms with van der Waals surface area (Å²) < 4.78 is 2.70. The fourth-order valence-corrected chi connectivity index (χ4v) is 2.29. The highest BCUT2D eigenvalue weighted by atomic mass is 127. The molecule has 4 nitrogen and oxygen atoms in total. The van der Waals surface area contributed by atoms with Gasteiger partial charge in [0.1, 0.15) is 0 Å². The lowest BCUT2D eigenvalue weighted by atomic mass is 10.1. The number of halogens is 1. The average molecular weight is 329 g/mol. The van der Waals surface area contributed by atoms with Crippen LogP contribution in [0.5, 0.6) is 0 Å². The minimum Gasteiger partial charge on any atom is -0.388 e. The topological polar surface area (TPSA) is 50.9 Å². The third-order valence-electron chi connectivity index (χ3n) is 2.32. The zero-order valence-corrected chi connectivity index (χ0v) is 11.0. The van der Waals surface area contributed by atoms with E-state index in [4.69, 9.17) is 0 Å². The summed E-state index contributed by atoms with van der Waals surface area (Å²) in [5.74, 6) is 0. The van der Waals surface area contributed by atoms with Crippen molar-refractivity contribution >= 4 is 22.6 Å². The van der Waals surface area contributed by atoms with Gasteiger partial charge in [0, 0.05) is 23.2 Å². The van der Waals surface area contributed by atoms with E-state index in [1.165, 1.54) is 0 Å². The molecule has 16 heavy (non-hydrogen) atoms. The van der Waals surface area contributed by atoms with Gasteiger partial charge in [-0.3, -0.25) is 4.68 Å². The first-order chi connectivity index (χ1) is 7.66. The van der Waals surface area contributed by atoms with Crippen LogP contribution in [-0.2, 0) is 13.5 Å². The van der Waals surface area contributed by atoms with Gasteiger partial charge in [-0.1, -0.05) is 23.4 Å². The van der Waals surface area contributed by atoms with Crippen LogP contribution in [0.4, 0.5) is 0 Å². The second-order valence-corrected chi connectivity index (χ2v) is 4.79. The van der Waals surface area contributed by atoms with Crippen LogP contribution in [0.1, 0.15) is 17.4 Å². The zero-order valence-electron chi connectivity index (χ0n) is 8.84. The summed E-state index contributed by atoms with van der Waals surface area (Å²) in [4.78, 5) is 0. The Labute approximate surface area is 107 Å². The van der Waals surface area contributed by atoms with Crippen LogP contribution in [0.2, 0.25) is 0 Å². The maximum atomic E-state index is 10.1. The maximum Gasteiger partial charge on any atom is 0.0856 e. The van der Waals surface area contributed by atoms with E-state index < -0.39 is 6.10 Å². The summed E-state index contributed by atoms with van der Waals surface area (Å²) in [7, 11) is 1.81. The lowest BCUT2D eigenvalue weighted by molar-refractivity contribution is 0.176. The molecule has 84 valence electrons. The van der Waals surface area contributed by atoms with Crippen molar-refractivity contribution in [3.8, 4) is 0 Å². The van der Waals surface area contributed by atoms with Gasteiger partial charge >= 0.3 is 0 Å². The summed E-state index contributed by atoms with van der Waals surface area (Å²) in [6.07, 6.45) is 1.79. The summed E-state index contributed by atoms with van der Waals surface area (Å²) in [6.45, 7) is 0. The number of aliphatic hydroxyl groups is 1. The van der Waals surface area contributed by atoms with E-state index in [0.29, 0.717) is 6.42 Å². The molecule has 5 heteroatoms. The first kappa shape index (κ1) is 11.5. The normalized spacial score (nSPS) is 12.7. The molecule has 0 amide bonds. The van der Waals surface area contributed by atoms with Crippen molar-refractivity contribution in [1.29, 1.82) is 0 Å². The van der Waals surface area contributed by atoms with Crippen LogP contribution >= 0.6 is 22.6 Å². The van der Waals surface area contributed by atoms with E-state index in [1.807, 2.05) is 37.5 Å². The predicted molar refractivity (Wildman–Crippen MR) is 68.8 cm³/mol. The minimum atomic E-state index is -0.523. The van der Waals surface area contributed by atoms with Crippen molar-refractivity contribution in [3.05, 3.63) is 45.3 Å². The van der Waals surface area contributed by atoms with Gasteiger partial charge in [0.15, 0.2) is 0 Å². The molecule has 0 saturated carbocycles. The van der Waals surface area contributed by atoms with Crippen LogP contribution in [0, 0.1) is 3.57 Å². The molecule has 2 aromatic rings. The molecule has 0 aliphatic rings. The Morgan fingerprint density at radius 3 is 2.81 bits per heavy atom. The standard InChI is InChI=1S/C11H12IN3O/c1-15-7-8(13-14-15)6-11(16)9-4-2-3-5-10(9)12/h2-5,7,11,16H,6H2,1H3. The summed E-state index contributed by atoms with van der Waals surface area (Å²) in [5, 5.41) is 17.9. The Balaban J connectivity index is 2.14. The lowest BCUT2D eigenvalue weighted by Crippen LogP contribution is -2.04. The Morgan fingerprint density at radius 1 is 1.44 bits per heavy atom. The molecular formula is C11H12IN3O. The molecule has 1 aromatic carbocycles. The van der Waals surface area contributed by atoms with Gasteiger partial charge in [-0.25, -0.2) is 0 Å². The van der Waals surface area contributed by atoms with Gasteiger partial charge in [0.2, 0.25) is 0 Å². The fourth-order valence-electron chi connectivity index (χ4n) is 1.54. The minimum absolute atomic E-state index is 0.494. The molecule has 0 radical (unpaired) electrons. The molecule has 0 fully saturated rings. The van der Waals surface area contributed by atoms with Crippen LogP contribution in [0.15, 0.2) is 30.5 Å². The van der Waals surface area contributed by atoms with Gasteiger partial charge in [-0.15, -0.1) is 5.10 Å². The van der Waals surface area contributed by atoms with Crippen LogP contribution in [-0.4, -0.2) is 20.1 Å². The monoisotopic (exact) mass is 329 g/mol. The molecule has 0 saturated heterocycles. The van der Waals surface area contributed by atoms with E-state index in [0.717, 1.165) is 14.8 Å². The van der Waals surface area contributed by atoms with E-state index in [9.17, 15) is 5.11 Å². The Bertz CT molecular complexity index is 484. The van der Waals surface area contributed by atoms with Gasteiger partial charge < -0.3 is 5.11 Å². The average Bonchev–Trinajstić information content (AvgIpc) is 2.64. The first-order valence-electron chi connectivity index (χ1n) is 4.94. The van der Waals surface area contributed by atoms with Crippen LogP contribution in [0.25, 0.3) is 0 Å². The van der Waals surface area contributed by atoms with E-state index in [-0.39, 0.29) is 0 Å². The molecule has 2 rings (SSSR count). The summed E-state index contributed by atoms with van der Waals surface area (Å²) in [5.41, 5.74) is 1.74. The van der Waals surface area contributed by atoms with Crippen molar-refractivity contribution < 1.29 is 5.11 Å². The maximum absolute atomic E-state index is 10.1. The number of nitrogens with zero attached hydrogens (tertiary/aromatic N) is 3. The number of hydrogen-bond acceptors (Lipinski definition) is 3. The van der Waals surface area contributed by atoms with Crippen molar-refractivity contribution in [3.63, 3.8) is 0 Å². The molecular weight excluding hydrogens is 317 g/mol. The molecule has 1 atom stereocenters. The van der Waals surface area contributed by atoms with E-state index in [2.05, 4.69) is 32.9 Å². The third-order valence-corrected chi connectivity index (χ3v) is 3.30. The lowest BCUT2D eigenvalue weighted by Gasteiger charge is -2.10. The molecule has 0 aliphatic carbocycles. The number of rotatable bonds is 3. The quantitative estimate of drug-likeness (QED) is 0.872. The second kappa shape index (κ2) is 4.92. The van der Waals surface area contributed by atoms with Crippen molar-refractivity contribution in [2.45, 2.75) is 12.5 Å². The number of hydrogen-bond donors (Lipinski definition) is 1. The number of aliphatic hydroxyl groups excluding tert-OH is 1. The van der Waals surface area contributed by atoms with E-state index >= 15 is 0 Å². The smallest absolute Gasteiger partial charge is 0.0856 e. The highest BCUT2D eigenvalue weighted by Gasteiger charge is 2.13. The van der Waals surface area contributed by atoms with Gasteiger partial charge in [0.05, 0.1) is 11.8 Å². The molecule has 0 bridgehead atoms. The zero-order chi connectivity index (χ0) is 11.5. The molecule has 1 unspecified atom stereocenters. The highest BCUT2D eigenvalue weighted by Crippen LogP contribution is 2.22. The van der Waals surface area contributed by atoms with Crippen LogP contribution < -0.4 is 0 Å². The van der Waals surface area contributed by atoms with Crippen molar-refractivity contribution in [1.82, 2.24) is 15.0 Å². The second-order valence-electron chi connectivity index (χ2n) is 3.62. The Hall–Kier alpha value is -0.950. The Kier molecular flexibility index (Phi) is 3.55. The predicted octanol–water partition coefficient (Wildman–Crippen LogP) is 1.70. The highest BCUT2D eigenvalue weighted by molar-refractivity contribution is 14.1. The van der Waals surface area contributed by atoms with Crippen LogP contribution in [0.3, 0.4) is 0 Å². The summed E-state index contributed by atoms with van der Waals surface area (Å²) >= 11 is 2.22. The molecule has 1 aromatic heterocycles. The fraction of sp³-hybridized carbons (Fsp3) is 0.273. The van der Waals surface area contributed by atoms with E-state index in [1.54, 1.807) is 4.68 Å².